The van der Waals surface area contributed by atoms with Crippen molar-refractivity contribution in [3.8, 4) is 5.75 Å². The summed E-state index contributed by atoms with van der Waals surface area (Å²) >= 11 is 3.36. The van der Waals surface area contributed by atoms with Crippen LogP contribution in [0.3, 0.4) is 0 Å². The number of rotatable bonds is 4. The molecule has 94 valence electrons. The Bertz CT molecular complexity index is 413. The van der Waals surface area contributed by atoms with E-state index in [-0.39, 0.29) is 12.3 Å². The van der Waals surface area contributed by atoms with Gasteiger partial charge in [-0.15, -0.1) is 0 Å². The lowest BCUT2D eigenvalue weighted by atomic mass is 10.0. The number of nitrogens with two attached hydrogens (primary N) is 1. The molecule has 0 bridgehead atoms. The molecule has 0 spiro atoms. The summed E-state index contributed by atoms with van der Waals surface area (Å²) in [6.45, 7) is 3.63. The number of ether oxygens (including phenoxy) is 1. The Hall–Kier alpha value is -1.07. The number of nitrogens with one attached hydrogen (secondary N) is 1. The summed E-state index contributed by atoms with van der Waals surface area (Å²) in [6, 6.07) is 5.36. The number of hydrogen-bond donors (Lipinski definition) is 2. The zero-order valence-electron chi connectivity index (χ0n) is 10.2. The lowest BCUT2D eigenvalue weighted by Crippen LogP contribution is -2.36. The van der Waals surface area contributed by atoms with Crippen LogP contribution < -0.4 is 15.8 Å². The molecule has 0 heterocycles. The van der Waals surface area contributed by atoms with E-state index >= 15 is 0 Å². The maximum absolute atomic E-state index is 11.7. The van der Waals surface area contributed by atoms with Crippen LogP contribution in [0.5, 0.6) is 5.75 Å². The molecule has 1 aromatic rings. The Labute approximate surface area is 110 Å². The minimum atomic E-state index is -0.506. The second kappa shape index (κ2) is 5.51. The average molecular weight is 301 g/mol. The molecule has 4 nitrogen and oxygen atoms in total. The highest BCUT2D eigenvalue weighted by molar-refractivity contribution is 9.10. The molecular weight excluding hydrogens is 284 g/mol. The molecule has 0 radical (unpaired) electrons. The minimum Gasteiger partial charge on any atom is -0.496 e. The second-order valence-electron chi connectivity index (χ2n) is 4.56. The second-order valence-corrected chi connectivity index (χ2v) is 5.42. The highest BCUT2D eigenvalue weighted by atomic mass is 79.9. The predicted octanol–water partition coefficient (Wildman–Crippen LogP) is 2.52. The van der Waals surface area contributed by atoms with E-state index in [1.165, 1.54) is 0 Å². The summed E-state index contributed by atoms with van der Waals surface area (Å²) in [4.78, 5) is 11.7. The number of hydrogen-bond acceptors (Lipinski definition) is 3. The van der Waals surface area contributed by atoms with E-state index < -0.39 is 5.54 Å². The molecule has 0 aliphatic rings. The van der Waals surface area contributed by atoms with Gasteiger partial charge in [0.05, 0.1) is 11.6 Å². The van der Waals surface area contributed by atoms with Gasteiger partial charge >= 0.3 is 0 Å². The zero-order valence-corrected chi connectivity index (χ0v) is 11.8. The summed E-state index contributed by atoms with van der Waals surface area (Å²) in [5.41, 5.74) is 5.98. The van der Waals surface area contributed by atoms with Crippen LogP contribution in [0.15, 0.2) is 22.7 Å². The fourth-order valence-electron chi connectivity index (χ4n) is 1.36. The molecule has 17 heavy (non-hydrogen) atoms. The molecule has 0 aromatic heterocycles. The monoisotopic (exact) mass is 300 g/mol. The number of methoxy groups -OCH3 is 1. The van der Waals surface area contributed by atoms with Gasteiger partial charge < -0.3 is 15.8 Å². The Morgan fingerprint density at radius 3 is 2.65 bits per heavy atom. The molecule has 1 aromatic carbocycles. The summed E-state index contributed by atoms with van der Waals surface area (Å²) < 4.78 is 5.90. The lowest BCUT2D eigenvalue weighted by molar-refractivity contribution is -0.117. The van der Waals surface area contributed by atoms with Crippen LogP contribution >= 0.6 is 15.9 Å². The van der Waals surface area contributed by atoms with Crippen LogP contribution in [-0.4, -0.2) is 18.6 Å². The van der Waals surface area contributed by atoms with E-state index in [4.69, 9.17) is 10.5 Å². The van der Waals surface area contributed by atoms with Crippen molar-refractivity contribution in [2.45, 2.75) is 25.8 Å². The highest BCUT2D eigenvalue weighted by Gasteiger charge is 2.16. The normalized spacial score (nSPS) is 11.1. The van der Waals surface area contributed by atoms with Gasteiger partial charge in [0, 0.05) is 17.6 Å². The van der Waals surface area contributed by atoms with Gasteiger partial charge in [-0.2, -0.15) is 0 Å². The third-order valence-corrected chi connectivity index (χ3v) is 2.67. The molecule has 0 saturated carbocycles. The van der Waals surface area contributed by atoms with Crippen molar-refractivity contribution in [1.82, 2.24) is 0 Å². The molecular formula is C12H17BrN2O2. The molecule has 0 aliphatic carbocycles. The first-order valence-corrected chi connectivity index (χ1v) is 6.03. The molecule has 1 rings (SSSR count). The summed E-state index contributed by atoms with van der Waals surface area (Å²) in [5.74, 6) is 0.622. The van der Waals surface area contributed by atoms with Crippen LogP contribution in [0.4, 0.5) is 5.69 Å². The molecule has 0 fully saturated rings. The van der Waals surface area contributed by atoms with Gasteiger partial charge in [-0.05, 0) is 48.0 Å². The van der Waals surface area contributed by atoms with E-state index in [0.717, 1.165) is 10.2 Å². The van der Waals surface area contributed by atoms with E-state index in [2.05, 4.69) is 21.2 Å². The predicted molar refractivity (Wildman–Crippen MR) is 72.2 cm³/mol. The van der Waals surface area contributed by atoms with Crippen LogP contribution in [0.25, 0.3) is 0 Å². The van der Waals surface area contributed by atoms with E-state index in [9.17, 15) is 4.79 Å². The van der Waals surface area contributed by atoms with Gasteiger partial charge in [0.2, 0.25) is 5.91 Å². The van der Waals surface area contributed by atoms with Crippen molar-refractivity contribution in [2.75, 3.05) is 12.4 Å². The minimum absolute atomic E-state index is 0.102. The van der Waals surface area contributed by atoms with Gasteiger partial charge in [0.15, 0.2) is 0 Å². The van der Waals surface area contributed by atoms with Gasteiger partial charge in [0.1, 0.15) is 5.75 Å². The smallest absolute Gasteiger partial charge is 0.226 e. The van der Waals surface area contributed by atoms with Crippen LogP contribution in [-0.2, 0) is 4.79 Å². The van der Waals surface area contributed by atoms with Crippen LogP contribution in [0.2, 0.25) is 0 Å². The summed E-state index contributed by atoms with van der Waals surface area (Å²) in [6.07, 6.45) is 0.274. The maximum Gasteiger partial charge on any atom is 0.226 e. The van der Waals surface area contributed by atoms with Crippen molar-refractivity contribution in [3.63, 3.8) is 0 Å². The average Bonchev–Trinajstić information content (AvgIpc) is 2.14. The molecule has 0 aliphatic heterocycles. The van der Waals surface area contributed by atoms with E-state index in [1.54, 1.807) is 25.3 Å². The standard InChI is InChI=1S/C12H17BrN2O2/c1-12(2,14)7-11(16)15-8-4-5-10(17-3)9(13)6-8/h4-6H,7,14H2,1-3H3,(H,15,16). The number of carbonyl (C=O) groups excluding carboxylic acids is 1. The molecule has 5 heteroatoms. The van der Waals surface area contributed by atoms with Gasteiger partial charge in [-0.3, -0.25) is 4.79 Å². The fraction of sp³-hybridized carbons (Fsp3) is 0.417. The van der Waals surface area contributed by atoms with Crippen molar-refractivity contribution in [1.29, 1.82) is 0 Å². The first-order valence-electron chi connectivity index (χ1n) is 5.24. The highest BCUT2D eigenvalue weighted by Crippen LogP contribution is 2.27. The van der Waals surface area contributed by atoms with Gasteiger partial charge in [0.25, 0.3) is 0 Å². The first-order chi connectivity index (χ1) is 7.81. The Morgan fingerprint density at radius 2 is 2.18 bits per heavy atom. The van der Waals surface area contributed by atoms with E-state index in [0.29, 0.717) is 5.69 Å². The fourth-order valence-corrected chi connectivity index (χ4v) is 1.90. The third-order valence-electron chi connectivity index (χ3n) is 2.05. The maximum atomic E-state index is 11.7. The lowest BCUT2D eigenvalue weighted by Gasteiger charge is -2.17. The molecule has 0 atom stereocenters. The Morgan fingerprint density at radius 1 is 1.53 bits per heavy atom. The number of amides is 1. The van der Waals surface area contributed by atoms with Gasteiger partial charge in [-0.1, -0.05) is 0 Å². The molecule has 1 amide bonds. The number of halogens is 1. The molecule has 0 saturated heterocycles. The topological polar surface area (TPSA) is 64.3 Å². The first kappa shape index (κ1) is 14.0. The van der Waals surface area contributed by atoms with Crippen LogP contribution in [0, 0.1) is 0 Å². The van der Waals surface area contributed by atoms with Crippen molar-refractivity contribution >= 4 is 27.5 Å². The zero-order chi connectivity index (χ0) is 13.1. The van der Waals surface area contributed by atoms with Gasteiger partial charge in [-0.25, -0.2) is 0 Å². The summed E-state index contributed by atoms with van der Waals surface area (Å²) in [7, 11) is 1.59. The Balaban J connectivity index is 2.69. The van der Waals surface area contributed by atoms with Crippen molar-refractivity contribution in [3.05, 3.63) is 22.7 Å². The van der Waals surface area contributed by atoms with Crippen molar-refractivity contribution in [2.24, 2.45) is 5.73 Å². The van der Waals surface area contributed by atoms with Crippen LogP contribution in [0.1, 0.15) is 20.3 Å². The number of benzene rings is 1. The quantitative estimate of drug-likeness (QED) is 0.898. The largest absolute Gasteiger partial charge is 0.496 e. The van der Waals surface area contributed by atoms with Crippen molar-refractivity contribution < 1.29 is 9.53 Å². The molecule has 0 unspecified atom stereocenters. The number of carbonyl (C=O) groups is 1. The number of anilines is 1. The Kier molecular flexibility index (Phi) is 4.54. The SMILES string of the molecule is COc1ccc(NC(=O)CC(C)(C)N)cc1Br. The molecule has 3 N–H and O–H groups in total. The van der Waals surface area contributed by atoms with E-state index in [1.807, 2.05) is 13.8 Å². The summed E-state index contributed by atoms with van der Waals surface area (Å²) in [5, 5.41) is 2.79. The third kappa shape index (κ3) is 4.75.